The highest BCUT2D eigenvalue weighted by molar-refractivity contribution is 9.15. The Bertz CT molecular complexity index is 2420. The summed E-state index contributed by atoms with van der Waals surface area (Å²) in [5.41, 5.74) is -2.57. The van der Waals surface area contributed by atoms with E-state index in [4.69, 9.17) is 0 Å². The molecule has 0 saturated carbocycles. The average Bonchev–Trinajstić information content (AvgIpc) is 3.52. The zero-order chi connectivity index (χ0) is 26.5. The Labute approximate surface area is 227 Å². The van der Waals surface area contributed by atoms with E-state index in [2.05, 4.69) is 15.9 Å². The monoisotopic (exact) mass is 623 g/mol. The molecule has 14 heteroatoms. The SMILES string of the molecule is Cn1c(=O)c2c3sc(=C(Br)C#N)sc3c3c(=O)n(C)c(=O)c4c5sc(=C(C#N)C#N)sc5c(c1=O)c2c34. The number of fused-ring (bicyclic) bond motifs is 6. The van der Waals surface area contributed by atoms with Crippen LogP contribution in [0.15, 0.2) is 19.2 Å². The Balaban J connectivity index is 2.21. The number of aromatic nitrogens is 2. The van der Waals surface area contributed by atoms with E-state index in [1.54, 1.807) is 0 Å². The van der Waals surface area contributed by atoms with Crippen LogP contribution in [0.4, 0.5) is 0 Å². The van der Waals surface area contributed by atoms with E-state index >= 15 is 0 Å². The second kappa shape index (κ2) is 7.89. The molecule has 0 aliphatic carbocycles. The van der Waals surface area contributed by atoms with Crippen molar-refractivity contribution in [3.8, 4) is 18.2 Å². The van der Waals surface area contributed by atoms with Crippen LogP contribution in [-0.2, 0) is 14.1 Å². The van der Waals surface area contributed by atoms with Gasteiger partial charge in [-0.1, -0.05) is 0 Å². The van der Waals surface area contributed by atoms with Crippen LogP contribution in [0, 0.1) is 34.0 Å². The van der Waals surface area contributed by atoms with Gasteiger partial charge in [-0.05, 0) is 15.9 Å². The van der Waals surface area contributed by atoms with Crippen LogP contribution in [0.25, 0.3) is 61.2 Å². The minimum atomic E-state index is -0.612. The first kappa shape index (κ1) is 23.7. The predicted octanol–water partition coefficient (Wildman–Crippen LogP) is 2.48. The fourth-order valence-electron chi connectivity index (χ4n) is 4.49. The summed E-state index contributed by atoms with van der Waals surface area (Å²) in [5, 5.41) is 29.4. The molecule has 0 saturated heterocycles. The molecule has 0 aliphatic rings. The van der Waals surface area contributed by atoms with Crippen molar-refractivity contribution in [2.45, 2.75) is 0 Å². The molecule has 0 fully saturated rings. The molecular weight excluding hydrogens is 618 g/mol. The van der Waals surface area contributed by atoms with E-state index in [-0.39, 0.29) is 42.4 Å². The molecule has 9 nitrogen and oxygen atoms in total. The predicted molar refractivity (Wildman–Crippen MR) is 152 cm³/mol. The molecule has 0 atom stereocenters. The van der Waals surface area contributed by atoms with Crippen molar-refractivity contribution in [2.75, 3.05) is 0 Å². The normalized spacial score (nSPS) is 11.5. The maximum absolute atomic E-state index is 13.5. The smallest absolute Gasteiger partial charge is 0.262 e. The van der Waals surface area contributed by atoms with E-state index in [0.29, 0.717) is 26.5 Å². The molecule has 0 N–H and O–H groups in total. The van der Waals surface area contributed by atoms with Crippen LogP contribution >= 0.6 is 61.3 Å². The minimum Gasteiger partial charge on any atom is -0.277 e. The quantitative estimate of drug-likeness (QED) is 0.236. The van der Waals surface area contributed by atoms with Gasteiger partial charge in [0.1, 0.15) is 30.4 Å². The Kier molecular flexibility index (Phi) is 5.05. The molecule has 0 aliphatic heterocycles. The Morgan fingerprint density at radius 2 is 0.919 bits per heavy atom. The molecule has 6 aromatic rings. The van der Waals surface area contributed by atoms with E-state index in [1.807, 2.05) is 18.2 Å². The highest BCUT2D eigenvalue weighted by atomic mass is 79.9. The number of hydrogen-bond donors (Lipinski definition) is 0. The molecule has 0 bridgehead atoms. The molecule has 0 spiro atoms. The van der Waals surface area contributed by atoms with Crippen LogP contribution in [0.5, 0.6) is 0 Å². The van der Waals surface area contributed by atoms with E-state index in [0.717, 1.165) is 54.5 Å². The van der Waals surface area contributed by atoms with Crippen molar-refractivity contribution in [3.63, 3.8) is 0 Å². The van der Waals surface area contributed by atoms with Gasteiger partial charge in [0.2, 0.25) is 0 Å². The van der Waals surface area contributed by atoms with Gasteiger partial charge in [0.25, 0.3) is 22.2 Å². The third kappa shape index (κ3) is 2.83. The fourth-order valence-corrected chi connectivity index (χ4v) is 10.1. The van der Waals surface area contributed by atoms with Gasteiger partial charge in [-0.3, -0.25) is 28.3 Å². The van der Waals surface area contributed by atoms with Gasteiger partial charge in [0, 0.05) is 24.9 Å². The molecule has 4 aromatic heterocycles. The number of pyridine rings is 2. The zero-order valence-electron chi connectivity index (χ0n) is 18.4. The van der Waals surface area contributed by atoms with Crippen molar-refractivity contribution in [1.82, 2.24) is 9.13 Å². The lowest BCUT2D eigenvalue weighted by Gasteiger charge is -2.13. The topological polar surface area (TPSA) is 150 Å². The largest absolute Gasteiger partial charge is 0.277 e. The van der Waals surface area contributed by atoms with Gasteiger partial charge in [-0.15, -0.1) is 45.3 Å². The number of nitrogens with zero attached hydrogens (tertiary/aromatic N) is 5. The maximum atomic E-state index is 13.5. The highest BCUT2D eigenvalue weighted by Crippen LogP contribution is 2.44. The lowest BCUT2D eigenvalue weighted by atomic mass is 9.96. The van der Waals surface area contributed by atoms with E-state index < -0.39 is 22.2 Å². The van der Waals surface area contributed by atoms with Crippen LogP contribution < -0.4 is 29.9 Å². The van der Waals surface area contributed by atoms with Gasteiger partial charge in [0.15, 0.2) is 5.57 Å². The standard InChI is InChI=1S/C23H6BrN5O4S4/c1-28-18(30)10-8-9-11(15-14(10)34-22(35-15)6(3-25)4-26)19(31)29(2)21(33)13(9)17-16(12(8)20(28)32)36-23(37-17)7(24)5-27/h1-2H3. The number of halogens is 1. The minimum absolute atomic E-state index is 0.144. The maximum Gasteiger partial charge on any atom is 0.262 e. The summed E-state index contributed by atoms with van der Waals surface area (Å²) in [6.45, 7) is 0. The summed E-state index contributed by atoms with van der Waals surface area (Å²) in [4.78, 5) is 54.2. The molecule has 4 heterocycles. The fraction of sp³-hybridized carbons (Fsp3) is 0.0870. The number of hydrogen-bond acceptors (Lipinski definition) is 11. The molecule has 0 unspecified atom stereocenters. The lowest BCUT2D eigenvalue weighted by Crippen LogP contribution is -2.33. The zero-order valence-corrected chi connectivity index (χ0v) is 23.2. The molecule has 37 heavy (non-hydrogen) atoms. The second-order valence-corrected chi connectivity index (χ2v) is 13.3. The first-order valence-electron chi connectivity index (χ1n) is 10.1. The molecule has 6 rings (SSSR count). The number of rotatable bonds is 0. The van der Waals surface area contributed by atoms with Gasteiger partial charge in [-0.2, -0.15) is 15.8 Å². The van der Waals surface area contributed by atoms with Crippen molar-refractivity contribution in [1.29, 1.82) is 15.8 Å². The third-order valence-electron chi connectivity index (χ3n) is 6.13. The number of benzene rings is 2. The van der Waals surface area contributed by atoms with Gasteiger partial charge in [-0.25, -0.2) is 0 Å². The molecule has 0 amide bonds. The molecule has 0 radical (unpaired) electrons. The van der Waals surface area contributed by atoms with Crippen molar-refractivity contribution < 1.29 is 0 Å². The van der Waals surface area contributed by atoms with Crippen LogP contribution in [0.1, 0.15) is 0 Å². The van der Waals surface area contributed by atoms with E-state index in [1.165, 1.54) is 14.1 Å². The van der Waals surface area contributed by atoms with E-state index in [9.17, 15) is 35.0 Å². The highest BCUT2D eigenvalue weighted by Gasteiger charge is 2.28. The van der Waals surface area contributed by atoms with Crippen molar-refractivity contribution >= 4 is 122 Å². The summed E-state index contributed by atoms with van der Waals surface area (Å²) in [5.74, 6) is 0. The van der Waals surface area contributed by atoms with Crippen molar-refractivity contribution in [3.05, 3.63) is 49.1 Å². The molecule has 2 aromatic carbocycles. The van der Waals surface area contributed by atoms with Gasteiger partial charge in [0.05, 0.1) is 40.3 Å². The summed E-state index contributed by atoms with van der Waals surface area (Å²) in [6.07, 6.45) is 0. The third-order valence-corrected chi connectivity index (χ3v) is 12.5. The summed E-state index contributed by atoms with van der Waals surface area (Å²) < 4.78 is 4.62. The average molecular weight is 625 g/mol. The second-order valence-electron chi connectivity index (χ2n) is 7.91. The van der Waals surface area contributed by atoms with Crippen molar-refractivity contribution in [2.24, 2.45) is 14.1 Å². The van der Waals surface area contributed by atoms with Gasteiger partial charge < -0.3 is 0 Å². The number of nitriles is 3. The van der Waals surface area contributed by atoms with Gasteiger partial charge >= 0.3 is 0 Å². The first-order valence-corrected chi connectivity index (χ1v) is 14.2. The molecule has 178 valence electrons. The Morgan fingerprint density at radius 1 is 0.595 bits per heavy atom. The summed E-state index contributed by atoms with van der Waals surface area (Å²) in [6, 6.07) is 5.70. The van der Waals surface area contributed by atoms with Crippen LogP contribution in [0.3, 0.4) is 0 Å². The molecular formula is C23H6BrN5O4S4. The first-order chi connectivity index (χ1) is 17.7. The lowest BCUT2D eigenvalue weighted by molar-refractivity contribution is 0.840. The van der Waals surface area contributed by atoms with Crippen LogP contribution in [-0.4, -0.2) is 9.13 Å². The summed E-state index contributed by atoms with van der Waals surface area (Å²) >= 11 is 7.57. The summed E-state index contributed by atoms with van der Waals surface area (Å²) in [7, 11) is 2.70. The Morgan fingerprint density at radius 3 is 1.22 bits per heavy atom. The Hall–Kier alpha value is -3.71. The van der Waals surface area contributed by atoms with Crippen LogP contribution in [0.2, 0.25) is 0 Å².